The Hall–Kier alpha value is -3.43. The standard InChI is InChI=1S/C22H19N5S/c1-13-10-14(2)19(15(3)11-13)25-20-18-8-9-28-21(18)27-22(26-20)24-17-6-4-16(12-23)5-7-17/h4-11H,1-3H3,(H2,24,25,26,27). The number of hydrogen-bond acceptors (Lipinski definition) is 6. The maximum Gasteiger partial charge on any atom is 0.230 e. The highest BCUT2D eigenvalue weighted by Crippen LogP contribution is 2.32. The highest BCUT2D eigenvalue weighted by Gasteiger charge is 2.12. The number of aryl methyl sites for hydroxylation is 3. The molecule has 4 aromatic rings. The van der Waals surface area contributed by atoms with Crippen LogP contribution in [-0.4, -0.2) is 9.97 Å². The van der Waals surface area contributed by atoms with E-state index in [9.17, 15) is 0 Å². The zero-order valence-corrected chi connectivity index (χ0v) is 16.7. The molecule has 2 aromatic carbocycles. The molecule has 0 spiro atoms. The van der Waals surface area contributed by atoms with Crippen molar-refractivity contribution in [2.24, 2.45) is 0 Å². The Morgan fingerprint density at radius 2 is 1.64 bits per heavy atom. The van der Waals surface area contributed by atoms with Crippen LogP contribution in [-0.2, 0) is 0 Å². The van der Waals surface area contributed by atoms with Gasteiger partial charge in [0.1, 0.15) is 10.6 Å². The normalized spacial score (nSPS) is 10.6. The molecule has 0 radical (unpaired) electrons. The molecule has 0 aliphatic rings. The molecule has 0 aliphatic heterocycles. The van der Waals surface area contributed by atoms with E-state index in [1.165, 1.54) is 16.7 Å². The van der Waals surface area contributed by atoms with Crippen molar-refractivity contribution in [1.82, 2.24) is 9.97 Å². The molecule has 0 atom stereocenters. The molecule has 0 unspecified atom stereocenters. The number of rotatable bonds is 4. The van der Waals surface area contributed by atoms with Crippen LogP contribution in [0.1, 0.15) is 22.3 Å². The van der Waals surface area contributed by atoms with Gasteiger partial charge in [-0.3, -0.25) is 0 Å². The van der Waals surface area contributed by atoms with Gasteiger partial charge in [0.15, 0.2) is 0 Å². The maximum absolute atomic E-state index is 8.95. The van der Waals surface area contributed by atoms with Crippen molar-refractivity contribution in [1.29, 1.82) is 5.26 Å². The Bertz CT molecular complexity index is 1180. The zero-order chi connectivity index (χ0) is 19.7. The van der Waals surface area contributed by atoms with Crippen molar-refractivity contribution in [2.75, 3.05) is 10.6 Å². The van der Waals surface area contributed by atoms with E-state index in [-0.39, 0.29) is 0 Å². The van der Waals surface area contributed by atoms with Gasteiger partial charge in [0.2, 0.25) is 5.95 Å². The van der Waals surface area contributed by atoms with Gasteiger partial charge < -0.3 is 10.6 Å². The second-order valence-corrected chi connectivity index (χ2v) is 7.64. The predicted molar refractivity (Wildman–Crippen MR) is 116 cm³/mol. The second kappa shape index (κ2) is 7.29. The Morgan fingerprint density at radius 3 is 2.32 bits per heavy atom. The van der Waals surface area contributed by atoms with Crippen molar-refractivity contribution in [3.05, 3.63) is 70.1 Å². The monoisotopic (exact) mass is 385 g/mol. The first kappa shape index (κ1) is 18.0. The summed E-state index contributed by atoms with van der Waals surface area (Å²) in [5.74, 6) is 1.29. The molecule has 0 fully saturated rings. The molecule has 2 aromatic heterocycles. The van der Waals surface area contributed by atoms with Gasteiger partial charge >= 0.3 is 0 Å². The van der Waals surface area contributed by atoms with Crippen molar-refractivity contribution in [2.45, 2.75) is 20.8 Å². The predicted octanol–water partition coefficient (Wildman–Crippen LogP) is 5.98. The summed E-state index contributed by atoms with van der Waals surface area (Å²) in [6.07, 6.45) is 0. The van der Waals surface area contributed by atoms with Crippen molar-refractivity contribution >= 4 is 44.7 Å². The smallest absolute Gasteiger partial charge is 0.230 e. The van der Waals surface area contributed by atoms with Crippen molar-refractivity contribution in [3.63, 3.8) is 0 Å². The van der Waals surface area contributed by atoms with Crippen molar-refractivity contribution in [3.8, 4) is 6.07 Å². The third-order valence-electron chi connectivity index (χ3n) is 4.52. The van der Waals surface area contributed by atoms with E-state index in [1.54, 1.807) is 23.5 Å². The molecule has 5 nitrogen and oxygen atoms in total. The van der Waals surface area contributed by atoms with Crippen LogP contribution in [0.15, 0.2) is 47.8 Å². The Morgan fingerprint density at radius 1 is 0.929 bits per heavy atom. The number of anilines is 4. The fraction of sp³-hybridized carbons (Fsp3) is 0.136. The molecule has 138 valence electrons. The number of nitriles is 1. The van der Waals surface area contributed by atoms with Gasteiger partial charge in [0, 0.05) is 11.4 Å². The number of nitrogens with one attached hydrogen (secondary N) is 2. The third-order valence-corrected chi connectivity index (χ3v) is 5.32. The summed E-state index contributed by atoms with van der Waals surface area (Å²) in [4.78, 5) is 10.3. The minimum absolute atomic E-state index is 0.518. The molecule has 0 saturated carbocycles. The van der Waals surface area contributed by atoms with Crippen LogP contribution >= 0.6 is 11.3 Å². The molecule has 28 heavy (non-hydrogen) atoms. The van der Waals surface area contributed by atoms with Gasteiger partial charge in [-0.25, -0.2) is 4.98 Å². The largest absolute Gasteiger partial charge is 0.339 e. The number of thiophene rings is 1. The maximum atomic E-state index is 8.95. The van der Waals surface area contributed by atoms with Gasteiger partial charge in [-0.15, -0.1) is 11.3 Å². The lowest BCUT2D eigenvalue weighted by atomic mass is 10.1. The molecule has 6 heteroatoms. The van der Waals surface area contributed by atoms with Crippen LogP contribution in [0.5, 0.6) is 0 Å². The van der Waals surface area contributed by atoms with E-state index >= 15 is 0 Å². The van der Waals surface area contributed by atoms with Crippen LogP contribution < -0.4 is 10.6 Å². The number of fused-ring (bicyclic) bond motifs is 1. The lowest BCUT2D eigenvalue weighted by molar-refractivity contribution is 1.21. The molecule has 0 bridgehead atoms. The molecular formula is C22H19N5S. The summed E-state index contributed by atoms with van der Waals surface area (Å²) in [6.45, 7) is 6.31. The van der Waals surface area contributed by atoms with E-state index < -0.39 is 0 Å². The number of benzene rings is 2. The van der Waals surface area contributed by atoms with E-state index in [0.717, 1.165) is 27.4 Å². The molecule has 0 amide bonds. The SMILES string of the molecule is Cc1cc(C)c(Nc2nc(Nc3ccc(C#N)cc3)nc3sccc23)c(C)c1. The van der Waals surface area contributed by atoms with Gasteiger partial charge in [-0.2, -0.15) is 10.2 Å². The summed E-state index contributed by atoms with van der Waals surface area (Å²) in [7, 11) is 0. The highest BCUT2D eigenvalue weighted by molar-refractivity contribution is 7.16. The fourth-order valence-corrected chi connectivity index (χ4v) is 4.02. The van der Waals surface area contributed by atoms with Gasteiger partial charge in [0.25, 0.3) is 0 Å². The second-order valence-electron chi connectivity index (χ2n) is 6.75. The van der Waals surface area contributed by atoms with E-state index in [4.69, 9.17) is 10.2 Å². The Balaban J connectivity index is 1.72. The van der Waals surface area contributed by atoms with E-state index in [0.29, 0.717) is 11.5 Å². The number of nitrogens with zero attached hydrogens (tertiary/aromatic N) is 3. The van der Waals surface area contributed by atoms with E-state index in [1.807, 2.05) is 23.6 Å². The summed E-state index contributed by atoms with van der Waals surface area (Å²) >= 11 is 1.58. The number of hydrogen-bond donors (Lipinski definition) is 2. The lowest BCUT2D eigenvalue weighted by Crippen LogP contribution is -2.03. The van der Waals surface area contributed by atoms with Crippen LogP contribution in [0, 0.1) is 32.1 Å². The third kappa shape index (κ3) is 3.53. The topological polar surface area (TPSA) is 73.6 Å². The minimum atomic E-state index is 0.518. The molecule has 2 heterocycles. The first-order valence-corrected chi connectivity index (χ1v) is 9.79. The highest BCUT2D eigenvalue weighted by atomic mass is 32.1. The Kier molecular flexibility index (Phi) is 4.68. The lowest BCUT2D eigenvalue weighted by Gasteiger charge is -2.15. The average molecular weight is 385 g/mol. The van der Waals surface area contributed by atoms with Crippen molar-refractivity contribution < 1.29 is 0 Å². The zero-order valence-electron chi connectivity index (χ0n) is 15.9. The first-order valence-electron chi connectivity index (χ1n) is 8.91. The van der Waals surface area contributed by atoms with Gasteiger partial charge in [0.05, 0.1) is 17.0 Å². The van der Waals surface area contributed by atoms with Crippen LogP contribution in [0.3, 0.4) is 0 Å². The first-order chi connectivity index (χ1) is 13.5. The number of aromatic nitrogens is 2. The van der Waals surface area contributed by atoms with Crippen LogP contribution in [0.25, 0.3) is 10.2 Å². The fourth-order valence-electron chi connectivity index (χ4n) is 3.26. The summed E-state index contributed by atoms with van der Waals surface area (Å²) in [5.41, 5.74) is 6.13. The van der Waals surface area contributed by atoms with Gasteiger partial charge in [-0.05, 0) is 67.6 Å². The molecular weight excluding hydrogens is 366 g/mol. The molecule has 0 saturated heterocycles. The van der Waals surface area contributed by atoms with Crippen LogP contribution in [0.2, 0.25) is 0 Å². The minimum Gasteiger partial charge on any atom is -0.339 e. The molecule has 2 N–H and O–H groups in total. The van der Waals surface area contributed by atoms with E-state index in [2.05, 4.69) is 54.6 Å². The van der Waals surface area contributed by atoms with Crippen LogP contribution in [0.4, 0.5) is 23.1 Å². The molecule has 4 rings (SSSR count). The summed E-state index contributed by atoms with van der Waals surface area (Å²) in [6, 6.07) is 15.7. The average Bonchev–Trinajstić information content (AvgIpc) is 3.14. The Labute approximate surface area is 167 Å². The quantitative estimate of drug-likeness (QED) is 0.452. The van der Waals surface area contributed by atoms with Gasteiger partial charge in [-0.1, -0.05) is 17.7 Å². The summed E-state index contributed by atoms with van der Waals surface area (Å²) in [5, 5.41) is 18.7. The summed E-state index contributed by atoms with van der Waals surface area (Å²) < 4.78 is 0. The molecule has 0 aliphatic carbocycles.